The van der Waals surface area contributed by atoms with Gasteiger partial charge in [0, 0.05) is 24.8 Å². The fraction of sp³-hybridized carbons (Fsp3) is 0.368. The first kappa shape index (κ1) is 18.6. The van der Waals surface area contributed by atoms with Crippen molar-refractivity contribution in [2.24, 2.45) is 5.10 Å². The van der Waals surface area contributed by atoms with Crippen molar-refractivity contribution in [1.82, 2.24) is 14.9 Å². The summed E-state index contributed by atoms with van der Waals surface area (Å²) in [7, 11) is 0. The van der Waals surface area contributed by atoms with Crippen molar-refractivity contribution in [3.8, 4) is 5.75 Å². The van der Waals surface area contributed by atoms with Crippen LogP contribution < -0.4 is 15.7 Å². The summed E-state index contributed by atoms with van der Waals surface area (Å²) in [5.41, 5.74) is 4.73. The second-order valence-corrected chi connectivity index (χ2v) is 6.45. The smallest absolute Gasteiger partial charge is 0.260 e. The predicted octanol–water partition coefficient (Wildman–Crippen LogP) is 1.92. The van der Waals surface area contributed by atoms with Crippen LogP contribution in [0.2, 0.25) is 0 Å². The highest BCUT2D eigenvalue weighted by molar-refractivity contribution is 5.99. The Morgan fingerprint density at radius 1 is 1.30 bits per heavy atom. The molecule has 0 saturated carbocycles. The van der Waals surface area contributed by atoms with Crippen LogP contribution in [-0.4, -0.2) is 46.2 Å². The van der Waals surface area contributed by atoms with Gasteiger partial charge in [-0.1, -0.05) is 0 Å². The van der Waals surface area contributed by atoms with E-state index in [0.717, 1.165) is 37.2 Å². The highest BCUT2D eigenvalue weighted by Crippen LogP contribution is 2.14. The summed E-state index contributed by atoms with van der Waals surface area (Å²) < 4.78 is 5.57. The van der Waals surface area contributed by atoms with E-state index in [9.17, 15) is 9.59 Å². The maximum Gasteiger partial charge on any atom is 0.260 e. The molecule has 1 amide bonds. The van der Waals surface area contributed by atoms with Crippen LogP contribution in [0.25, 0.3) is 0 Å². The highest BCUT2D eigenvalue weighted by Gasteiger charge is 2.18. The molecule has 0 bridgehead atoms. The molecule has 0 spiro atoms. The third-order valence-electron chi connectivity index (χ3n) is 4.29. The van der Waals surface area contributed by atoms with E-state index in [-0.39, 0.29) is 18.1 Å². The number of aromatic amines is 1. The lowest BCUT2D eigenvalue weighted by Gasteiger charge is -2.15. The number of aryl methyl sites for hydroxylation is 1. The maximum atomic E-state index is 12.0. The first-order valence-corrected chi connectivity index (χ1v) is 8.90. The van der Waals surface area contributed by atoms with E-state index in [2.05, 4.69) is 20.5 Å². The molecule has 1 aliphatic heterocycles. The molecule has 8 heteroatoms. The van der Waals surface area contributed by atoms with E-state index in [1.807, 2.05) is 24.0 Å². The number of hydrogen-bond donors (Lipinski definition) is 2. The fourth-order valence-corrected chi connectivity index (χ4v) is 2.83. The second-order valence-electron chi connectivity index (χ2n) is 6.45. The normalized spacial score (nSPS) is 14.3. The Morgan fingerprint density at radius 2 is 2.00 bits per heavy atom. The molecule has 1 aromatic carbocycles. The lowest BCUT2D eigenvalue weighted by atomic mass is 10.1. The lowest BCUT2D eigenvalue weighted by Crippen LogP contribution is -2.32. The van der Waals surface area contributed by atoms with Crippen LogP contribution in [0.15, 0.2) is 40.2 Å². The van der Waals surface area contributed by atoms with Crippen molar-refractivity contribution in [2.45, 2.75) is 26.7 Å². The molecule has 2 aromatic rings. The van der Waals surface area contributed by atoms with Crippen molar-refractivity contribution >= 4 is 17.6 Å². The van der Waals surface area contributed by atoms with Gasteiger partial charge in [0.25, 0.3) is 11.5 Å². The molecule has 1 fully saturated rings. The quantitative estimate of drug-likeness (QED) is 0.599. The van der Waals surface area contributed by atoms with Crippen molar-refractivity contribution in [3.63, 3.8) is 0 Å². The Hall–Kier alpha value is -3.16. The summed E-state index contributed by atoms with van der Waals surface area (Å²) in [6.07, 6.45) is 2.14. The lowest BCUT2D eigenvalue weighted by molar-refractivity contribution is -0.132. The van der Waals surface area contributed by atoms with Crippen LogP contribution in [0.1, 0.15) is 31.0 Å². The number of hydrazone groups is 1. The number of H-pyrrole nitrogens is 1. The molecular formula is C19H23N5O3. The zero-order chi connectivity index (χ0) is 19.2. The van der Waals surface area contributed by atoms with Crippen LogP contribution in [0, 0.1) is 6.92 Å². The van der Waals surface area contributed by atoms with Crippen molar-refractivity contribution in [2.75, 3.05) is 25.1 Å². The number of anilines is 1. The minimum atomic E-state index is -0.233. The van der Waals surface area contributed by atoms with Gasteiger partial charge in [-0.2, -0.15) is 5.10 Å². The number of nitrogens with zero attached hydrogens (tertiary/aromatic N) is 3. The molecule has 3 rings (SSSR count). The number of amides is 1. The molecule has 1 saturated heterocycles. The number of carbonyl (C=O) groups excluding carboxylic acids is 1. The standard InChI is InChI=1S/C19H23N5O3/c1-13-11-17(25)21-19(20-13)23-22-14(2)15-5-7-16(8-6-15)27-12-18(26)24-9-3-4-10-24/h5-8,11H,3-4,9-10,12H2,1-2H3,(H2,20,21,23,25)/b22-14-. The van der Waals surface area contributed by atoms with Crippen LogP contribution in [0.4, 0.5) is 5.95 Å². The third kappa shape index (κ3) is 5.16. The molecule has 0 aliphatic carbocycles. The predicted molar refractivity (Wildman–Crippen MR) is 103 cm³/mol. The van der Waals surface area contributed by atoms with Gasteiger partial charge in [-0.05, 0) is 56.5 Å². The highest BCUT2D eigenvalue weighted by atomic mass is 16.5. The number of rotatable bonds is 6. The minimum Gasteiger partial charge on any atom is -0.484 e. The van der Waals surface area contributed by atoms with Crippen LogP contribution in [-0.2, 0) is 4.79 Å². The summed E-state index contributed by atoms with van der Waals surface area (Å²) in [6.45, 7) is 5.29. The Bertz CT molecular complexity index is 883. The van der Waals surface area contributed by atoms with Gasteiger partial charge in [-0.15, -0.1) is 0 Å². The first-order valence-electron chi connectivity index (χ1n) is 8.90. The molecule has 27 heavy (non-hydrogen) atoms. The third-order valence-corrected chi connectivity index (χ3v) is 4.29. The van der Waals surface area contributed by atoms with Gasteiger partial charge in [0.1, 0.15) is 5.75 Å². The van der Waals surface area contributed by atoms with Gasteiger partial charge in [0.2, 0.25) is 5.95 Å². The second kappa shape index (κ2) is 8.48. The molecule has 1 aliphatic rings. The van der Waals surface area contributed by atoms with Gasteiger partial charge < -0.3 is 9.64 Å². The summed E-state index contributed by atoms with van der Waals surface area (Å²) in [5.74, 6) is 0.953. The SMILES string of the molecule is C/C(=N/Nc1nc(C)cc(=O)[nH]1)c1ccc(OCC(=O)N2CCCC2)cc1. The van der Waals surface area contributed by atoms with Gasteiger partial charge in [-0.3, -0.25) is 14.6 Å². The molecule has 2 heterocycles. The Morgan fingerprint density at radius 3 is 2.67 bits per heavy atom. The Balaban J connectivity index is 1.57. The average molecular weight is 369 g/mol. The Labute approximate surface area is 157 Å². The molecule has 1 aromatic heterocycles. The summed E-state index contributed by atoms with van der Waals surface area (Å²) >= 11 is 0. The number of benzene rings is 1. The van der Waals surface area contributed by atoms with Gasteiger partial charge in [0.05, 0.1) is 5.71 Å². The molecule has 142 valence electrons. The molecule has 0 atom stereocenters. The van der Waals surface area contributed by atoms with E-state index < -0.39 is 0 Å². The number of hydrogen-bond acceptors (Lipinski definition) is 6. The molecular weight excluding hydrogens is 346 g/mol. The van der Waals surface area contributed by atoms with Gasteiger partial charge in [0.15, 0.2) is 6.61 Å². The molecule has 2 N–H and O–H groups in total. The molecule has 8 nitrogen and oxygen atoms in total. The zero-order valence-electron chi connectivity index (χ0n) is 15.5. The number of likely N-dealkylation sites (tertiary alicyclic amines) is 1. The summed E-state index contributed by atoms with van der Waals surface area (Å²) in [4.78, 5) is 32.0. The van der Waals surface area contributed by atoms with E-state index in [1.165, 1.54) is 6.07 Å². The van der Waals surface area contributed by atoms with Gasteiger partial charge in [-0.25, -0.2) is 10.4 Å². The zero-order valence-corrected chi connectivity index (χ0v) is 15.5. The molecule has 0 unspecified atom stereocenters. The topological polar surface area (TPSA) is 99.7 Å². The monoisotopic (exact) mass is 369 g/mol. The minimum absolute atomic E-state index is 0.0261. The van der Waals surface area contributed by atoms with E-state index in [0.29, 0.717) is 17.4 Å². The van der Waals surface area contributed by atoms with Crippen molar-refractivity contribution in [3.05, 3.63) is 51.9 Å². The number of aromatic nitrogens is 2. The van der Waals surface area contributed by atoms with Crippen LogP contribution in [0.5, 0.6) is 5.75 Å². The first-order chi connectivity index (χ1) is 13.0. The average Bonchev–Trinajstić information content (AvgIpc) is 3.19. The fourth-order valence-electron chi connectivity index (χ4n) is 2.83. The summed E-state index contributed by atoms with van der Waals surface area (Å²) in [6, 6.07) is 8.75. The van der Waals surface area contributed by atoms with Crippen molar-refractivity contribution < 1.29 is 9.53 Å². The summed E-state index contributed by atoms with van der Waals surface area (Å²) in [5, 5.41) is 4.24. The van der Waals surface area contributed by atoms with Crippen LogP contribution >= 0.6 is 0 Å². The van der Waals surface area contributed by atoms with E-state index in [4.69, 9.17) is 4.74 Å². The Kier molecular flexibility index (Phi) is 5.85. The number of ether oxygens (including phenoxy) is 1. The number of carbonyl (C=O) groups is 1. The van der Waals surface area contributed by atoms with E-state index >= 15 is 0 Å². The van der Waals surface area contributed by atoms with E-state index in [1.54, 1.807) is 19.1 Å². The largest absolute Gasteiger partial charge is 0.484 e. The van der Waals surface area contributed by atoms with Crippen molar-refractivity contribution in [1.29, 1.82) is 0 Å². The maximum absolute atomic E-state index is 12.0. The van der Waals surface area contributed by atoms with Gasteiger partial charge >= 0.3 is 0 Å². The number of nitrogens with one attached hydrogen (secondary N) is 2. The van der Waals surface area contributed by atoms with Crippen LogP contribution in [0.3, 0.4) is 0 Å². The molecule has 0 radical (unpaired) electrons.